The number of hydrogen-bond acceptors (Lipinski definition) is 9. The smallest absolute Gasteiger partial charge is 0.330 e. The first-order chi connectivity index (χ1) is 24.4. The Hall–Kier alpha value is -5.21. The normalized spacial score (nSPS) is 14.2. The number of likely N-dealkylation sites (tertiary alicyclic amines) is 1. The Morgan fingerprint density at radius 3 is 2.53 bits per heavy atom. The van der Waals surface area contributed by atoms with Crippen molar-refractivity contribution < 1.29 is 32.6 Å². The zero-order valence-electron chi connectivity index (χ0n) is 29.0. The zero-order valence-corrected chi connectivity index (χ0v) is 29.0. The molecule has 0 radical (unpaired) electrons. The summed E-state index contributed by atoms with van der Waals surface area (Å²) in [6, 6.07) is 10.6. The highest BCUT2D eigenvalue weighted by Gasteiger charge is 2.25. The molecule has 0 aliphatic carbocycles. The van der Waals surface area contributed by atoms with E-state index in [-0.39, 0.29) is 35.7 Å². The lowest BCUT2D eigenvalue weighted by Crippen LogP contribution is -2.39. The van der Waals surface area contributed by atoms with Crippen molar-refractivity contribution in [3.05, 3.63) is 95.5 Å². The average molecular weight is 704 g/mol. The lowest BCUT2D eigenvalue weighted by molar-refractivity contribution is -0.150. The molecule has 4 N–H and O–H groups in total. The van der Waals surface area contributed by atoms with Crippen molar-refractivity contribution in [2.24, 2.45) is 5.73 Å². The van der Waals surface area contributed by atoms with Crippen LogP contribution in [0, 0.1) is 11.6 Å². The van der Waals surface area contributed by atoms with Crippen LogP contribution in [0.15, 0.2) is 67.0 Å². The van der Waals surface area contributed by atoms with Crippen molar-refractivity contribution in [1.82, 2.24) is 24.8 Å². The van der Waals surface area contributed by atoms with Gasteiger partial charge in [-0.25, -0.2) is 22.9 Å². The van der Waals surface area contributed by atoms with E-state index >= 15 is 4.39 Å². The van der Waals surface area contributed by atoms with Gasteiger partial charge in [-0.3, -0.25) is 15.0 Å². The monoisotopic (exact) mass is 703 g/mol. The summed E-state index contributed by atoms with van der Waals surface area (Å²) >= 11 is 0. The quantitative estimate of drug-likeness (QED) is 0.115. The molecule has 3 amide bonds. The number of fused-ring (bicyclic) bond motifs is 1. The Kier molecular flexibility index (Phi) is 12.1. The molecule has 0 unspecified atom stereocenters. The molecule has 1 aliphatic rings. The number of benzene rings is 2. The van der Waals surface area contributed by atoms with Crippen molar-refractivity contribution >= 4 is 29.1 Å². The van der Waals surface area contributed by atoms with E-state index in [4.69, 9.17) is 15.2 Å². The number of nitrogens with zero attached hydrogens (tertiary/aromatic N) is 4. The summed E-state index contributed by atoms with van der Waals surface area (Å²) < 4.78 is 41.9. The standard InChI is InChI=1S/C37H43F2N7O5/c1-4-6-33(48)51-37(2,3)16-5-7-29-20-25(22-45-17-14-27(40)15-18-45)34-35(41-23-42-46(29)34)50-31-13-12-28(21-30(31)39)43-36(49)44-32(47)19-24-8-10-26(38)11-9-24/h4,6,8-13,20-21,23,27H,5,7,14-19,22,40H2,1-3H3,(H2,43,44,47,49). The summed E-state index contributed by atoms with van der Waals surface area (Å²) in [5.74, 6) is -2.17. The number of ether oxygens (including phenoxy) is 2. The number of allylic oxidation sites excluding steroid dienone is 1. The second-order valence-electron chi connectivity index (χ2n) is 13.2. The number of piperidine rings is 1. The summed E-state index contributed by atoms with van der Waals surface area (Å²) in [6.45, 7) is 7.77. The summed E-state index contributed by atoms with van der Waals surface area (Å²) in [7, 11) is 0. The zero-order chi connectivity index (χ0) is 36.5. The summed E-state index contributed by atoms with van der Waals surface area (Å²) in [5.41, 5.74) is 8.51. The van der Waals surface area contributed by atoms with Crippen LogP contribution in [-0.2, 0) is 33.7 Å². The summed E-state index contributed by atoms with van der Waals surface area (Å²) in [5, 5.41) is 9.13. The van der Waals surface area contributed by atoms with Gasteiger partial charge in [-0.15, -0.1) is 0 Å². The molecule has 51 heavy (non-hydrogen) atoms. The van der Waals surface area contributed by atoms with Gasteiger partial charge >= 0.3 is 12.0 Å². The molecule has 0 saturated carbocycles. The molecule has 0 spiro atoms. The van der Waals surface area contributed by atoms with E-state index in [1.165, 1.54) is 48.8 Å². The van der Waals surface area contributed by atoms with Crippen LogP contribution in [0.1, 0.15) is 63.3 Å². The number of amides is 3. The van der Waals surface area contributed by atoms with Gasteiger partial charge in [-0.2, -0.15) is 10.1 Å². The molecule has 4 aromatic rings. The SMILES string of the molecule is CC=CC(=O)OC(C)(C)CCCc1cc(CN2CCC(N)CC2)c2c(Oc3ccc(NC(=O)NC(=O)Cc4ccc(F)cc4)cc3F)ncnn12. The Morgan fingerprint density at radius 1 is 1.08 bits per heavy atom. The lowest BCUT2D eigenvalue weighted by atomic mass is 10.00. The maximum absolute atomic E-state index is 15.4. The van der Waals surface area contributed by atoms with Crippen LogP contribution in [0.5, 0.6) is 11.6 Å². The number of urea groups is 1. The van der Waals surface area contributed by atoms with E-state index < -0.39 is 29.2 Å². The molecule has 5 rings (SSSR count). The van der Waals surface area contributed by atoms with Crippen molar-refractivity contribution in [1.29, 1.82) is 0 Å². The number of aryl methyl sites for hydroxylation is 1. The summed E-state index contributed by atoms with van der Waals surface area (Å²) in [4.78, 5) is 43.4. The third kappa shape index (κ3) is 10.4. The fourth-order valence-electron chi connectivity index (χ4n) is 5.96. The average Bonchev–Trinajstić information content (AvgIpc) is 3.41. The minimum Gasteiger partial charge on any atom is -0.457 e. The minimum absolute atomic E-state index is 0.0908. The number of esters is 1. The topological polar surface area (TPSA) is 153 Å². The van der Waals surface area contributed by atoms with Crippen LogP contribution in [0.25, 0.3) is 5.52 Å². The second kappa shape index (κ2) is 16.7. The molecule has 14 heteroatoms. The number of anilines is 1. The summed E-state index contributed by atoms with van der Waals surface area (Å²) in [6.07, 6.45) is 7.95. The van der Waals surface area contributed by atoms with Crippen LogP contribution in [-0.4, -0.2) is 62.1 Å². The van der Waals surface area contributed by atoms with E-state index in [2.05, 4.69) is 31.7 Å². The van der Waals surface area contributed by atoms with Gasteiger partial charge in [0.15, 0.2) is 11.6 Å². The Morgan fingerprint density at radius 2 is 1.82 bits per heavy atom. The van der Waals surface area contributed by atoms with Crippen LogP contribution in [0.2, 0.25) is 0 Å². The molecular formula is C37H43F2N7O5. The Balaban J connectivity index is 1.30. The molecule has 2 aromatic carbocycles. The van der Waals surface area contributed by atoms with E-state index in [1.54, 1.807) is 17.5 Å². The van der Waals surface area contributed by atoms with Gasteiger partial charge in [0.25, 0.3) is 0 Å². The first-order valence-electron chi connectivity index (χ1n) is 16.9. The maximum Gasteiger partial charge on any atom is 0.330 e. The number of nitrogens with one attached hydrogen (secondary N) is 2. The first kappa shape index (κ1) is 37.1. The molecule has 0 atom stereocenters. The third-order valence-electron chi connectivity index (χ3n) is 8.52. The number of aromatic nitrogens is 3. The maximum atomic E-state index is 15.4. The number of nitrogens with two attached hydrogens (primary N) is 1. The van der Waals surface area contributed by atoms with Crippen LogP contribution in [0.4, 0.5) is 19.3 Å². The number of imide groups is 1. The molecule has 270 valence electrons. The van der Waals surface area contributed by atoms with Crippen molar-refractivity contribution in [3.63, 3.8) is 0 Å². The number of carbonyl (C=O) groups is 3. The van der Waals surface area contributed by atoms with Crippen molar-refractivity contribution in [3.8, 4) is 11.6 Å². The predicted octanol–water partition coefficient (Wildman–Crippen LogP) is 5.83. The van der Waals surface area contributed by atoms with Crippen molar-refractivity contribution in [2.45, 2.75) is 77.5 Å². The van der Waals surface area contributed by atoms with Gasteiger partial charge < -0.3 is 20.5 Å². The van der Waals surface area contributed by atoms with Gasteiger partial charge in [0.1, 0.15) is 23.3 Å². The predicted molar refractivity (Wildman–Crippen MR) is 187 cm³/mol. The van der Waals surface area contributed by atoms with Gasteiger partial charge in [0.05, 0.1) is 6.42 Å². The van der Waals surface area contributed by atoms with E-state index in [0.717, 1.165) is 43.3 Å². The van der Waals surface area contributed by atoms with E-state index in [0.29, 0.717) is 36.9 Å². The van der Waals surface area contributed by atoms with Crippen LogP contribution in [0.3, 0.4) is 0 Å². The molecule has 1 fully saturated rings. The highest BCUT2D eigenvalue weighted by molar-refractivity contribution is 6.01. The molecule has 1 saturated heterocycles. The van der Waals surface area contributed by atoms with E-state index in [9.17, 15) is 18.8 Å². The van der Waals surface area contributed by atoms with Crippen molar-refractivity contribution in [2.75, 3.05) is 18.4 Å². The van der Waals surface area contributed by atoms with Gasteiger partial charge in [0, 0.05) is 36.1 Å². The third-order valence-corrected chi connectivity index (χ3v) is 8.52. The Labute approximate surface area is 295 Å². The van der Waals surface area contributed by atoms with Gasteiger partial charge in [-0.1, -0.05) is 18.2 Å². The number of rotatable bonds is 13. The van der Waals surface area contributed by atoms with E-state index in [1.807, 2.05) is 13.8 Å². The molecular weight excluding hydrogens is 660 g/mol. The highest BCUT2D eigenvalue weighted by Crippen LogP contribution is 2.32. The molecule has 0 bridgehead atoms. The van der Waals surface area contributed by atoms with Crippen LogP contribution >= 0.6 is 0 Å². The van der Waals surface area contributed by atoms with Gasteiger partial charge in [-0.05, 0) is 107 Å². The molecule has 1 aliphatic heterocycles. The molecule has 2 aromatic heterocycles. The highest BCUT2D eigenvalue weighted by atomic mass is 19.1. The lowest BCUT2D eigenvalue weighted by Gasteiger charge is -2.29. The fraction of sp³-hybridized carbons (Fsp3) is 0.378. The molecule has 12 nitrogen and oxygen atoms in total. The Bertz CT molecular complexity index is 1890. The number of hydrogen-bond donors (Lipinski definition) is 3. The van der Waals surface area contributed by atoms with Crippen LogP contribution < -0.4 is 21.1 Å². The largest absolute Gasteiger partial charge is 0.457 e. The number of carbonyl (C=O) groups excluding carboxylic acids is 3. The number of halogens is 2. The first-order valence-corrected chi connectivity index (χ1v) is 16.9. The fourth-order valence-corrected chi connectivity index (χ4v) is 5.96. The molecule has 3 heterocycles. The van der Waals surface area contributed by atoms with Gasteiger partial charge in [0.2, 0.25) is 11.8 Å². The second-order valence-corrected chi connectivity index (χ2v) is 13.2. The minimum atomic E-state index is -0.851.